The number of nitrogens with two attached hydrogens (primary N) is 1. The third kappa shape index (κ3) is 5.72. The number of hydrogen-bond donors (Lipinski definition) is 3. The number of carboxylic acids is 1. The summed E-state index contributed by atoms with van der Waals surface area (Å²) in [4.78, 5) is 11.9. The third-order valence-electron chi connectivity index (χ3n) is 18.8. The number of rotatable bonds is 8. The number of benzene rings is 3. The van der Waals surface area contributed by atoms with Crippen LogP contribution in [-0.4, -0.2) is 16.2 Å². The van der Waals surface area contributed by atoms with Crippen molar-refractivity contribution in [2.45, 2.75) is 154 Å². The summed E-state index contributed by atoms with van der Waals surface area (Å²) in [6, 6.07) is 15.7. The lowest BCUT2D eigenvalue weighted by Gasteiger charge is -2.66. The summed E-state index contributed by atoms with van der Waals surface area (Å²) >= 11 is 0. The molecule has 59 heavy (non-hydrogen) atoms. The Hall–Kier alpha value is -3.67. The molecule has 312 valence electrons. The van der Waals surface area contributed by atoms with Gasteiger partial charge in [-0.15, -0.1) is 0 Å². The van der Waals surface area contributed by atoms with Crippen LogP contribution in [0.3, 0.4) is 0 Å². The van der Waals surface area contributed by atoms with Crippen LogP contribution in [0.25, 0.3) is 0 Å². The highest BCUT2D eigenvalue weighted by Gasteiger charge is 2.64. The Bertz CT molecular complexity index is 2210. The average Bonchev–Trinajstić information content (AvgIpc) is 3.11. The van der Waals surface area contributed by atoms with E-state index in [4.69, 9.17) is 15.2 Å². The molecular formula is C53H65NO5. The summed E-state index contributed by atoms with van der Waals surface area (Å²) in [6.07, 6.45) is 21.4. The molecule has 0 spiro atoms. The van der Waals surface area contributed by atoms with Crippen molar-refractivity contribution in [3.63, 3.8) is 0 Å². The third-order valence-corrected chi connectivity index (χ3v) is 18.8. The maximum absolute atomic E-state index is 12.0. The van der Waals surface area contributed by atoms with Crippen molar-refractivity contribution in [2.24, 2.45) is 57.2 Å². The Kier molecular flexibility index (Phi) is 7.57. The number of anilines is 1. The molecule has 12 saturated carbocycles. The van der Waals surface area contributed by atoms with Crippen molar-refractivity contribution in [3.05, 3.63) is 70.8 Å². The van der Waals surface area contributed by atoms with E-state index >= 15 is 0 Å². The van der Waals surface area contributed by atoms with Gasteiger partial charge < -0.3 is 25.4 Å². The minimum atomic E-state index is -0.938. The predicted molar refractivity (Wildman–Crippen MR) is 230 cm³/mol. The summed E-state index contributed by atoms with van der Waals surface area (Å²) in [5.41, 5.74) is 12.1. The quantitative estimate of drug-likeness (QED) is 0.155. The van der Waals surface area contributed by atoms with Crippen molar-refractivity contribution in [1.29, 1.82) is 0 Å². The first kappa shape index (κ1) is 37.1. The molecule has 0 amide bonds. The van der Waals surface area contributed by atoms with Crippen molar-refractivity contribution < 1.29 is 24.5 Å². The maximum atomic E-state index is 12.0. The fourth-order valence-corrected chi connectivity index (χ4v) is 19.4. The smallest absolute Gasteiger partial charge is 0.335 e. The van der Waals surface area contributed by atoms with Crippen molar-refractivity contribution in [3.8, 4) is 28.7 Å². The van der Waals surface area contributed by atoms with Gasteiger partial charge in [0.1, 0.15) is 28.7 Å². The Morgan fingerprint density at radius 3 is 1.56 bits per heavy atom. The van der Waals surface area contributed by atoms with Crippen LogP contribution in [0.4, 0.5) is 5.69 Å². The van der Waals surface area contributed by atoms with Gasteiger partial charge in [0.15, 0.2) is 0 Å². The highest BCUT2D eigenvalue weighted by molar-refractivity contribution is 5.87. The molecule has 0 radical (unpaired) electrons. The van der Waals surface area contributed by atoms with Crippen LogP contribution >= 0.6 is 0 Å². The maximum Gasteiger partial charge on any atom is 0.335 e. The second-order valence-electron chi connectivity index (χ2n) is 24.6. The molecule has 3 aromatic rings. The molecule has 0 aliphatic heterocycles. The Morgan fingerprint density at radius 1 is 0.593 bits per heavy atom. The highest BCUT2D eigenvalue weighted by Crippen LogP contribution is 2.74. The van der Waals surface area contributed by atoms with Crippen LogP contribution in [0, 0.1) is 57.2 Å². The van der Waals surface area contributed by atoms with E-state index in [9.17, 15) is 15.0 Å². The molecule has 6 nitrogen and oxygen atoms in total. The standard InChI is InChI=1S/C53H65NO5/c1-48-18-32-19-49(2,24-48)27-52(22-32,26-48)38-16-39(53-23-33-20-50(3,28-53)25-51(4,21-33)29-53)43(17-42(38)58-37-7-5-34(6-8-37)47(56)57)59-41-10-9-40(54)46(55)45(41)44-35-12-30-11-31(14-35)15-36(44)13-30/h5-10,16-17,30-33,35-36,44,55H,11-15,18-29,54H2,1-4H3,(H,56,57). The van der Waals surface area contributed by atoms with Gasteiger partial charge in [-0.2, -0.15) is 0 Å². The van der Waals surface area contributed by atoms with E-state index < -0.39 is 5.97 Å². The van der Waals surface area contributed by atoms with Crippen molar-refractivity contribution in [2.75, 3.05) is 5.73 Å². The van der Waals surface area contributed by atoms with E-state index in [0.29, 0.717) is 56.8 Å². The lowest BCUT2D eigenvalue weighted by molar-refractivity contribution is -0.112. The Labute approximate surface area is 351 Å². The number of carbonyl (C=O) groups is 1. The molecule has 12 aliphatic rings. The number of carboxylic acid groups (broad SMARTS) is 1. The highest BCUT2D eigenvalue weighted by atomic mass is 16.5. The monoisotopic (exact) mass is 795 g/mol. The van der Waals surface area contributed by atoms with E-state index in [-0.39, 0.29) is 28.1 Å². The zero-order chi connectivity index (χ0) is 40.5. The number of phenolic OH excluding ortho intramolecular Hbond substituents is 1. The second kappa shape index (κ2) is 12.0. The van der Waals surface area contributed by atoms with Gasteiger partial charge in [0, 0.05) is 33.6 Å². The molecule has 0 saturated heterocycles. The minimum Gasteiger partial charge on any atom is -0.505 e. The van der Waals surface area contributed by atoms with Gasteiger partial charge in [-0.05, 0) is 215 Å². The molecular weight excluding hydrogens is 731 g/mol. The number of phenols is 1. The summed E-state index contributed by atoms with van der Waals surface area (Å²) in [5, 5.41) is 21.8. The summed E-state index contributed by atoms with van der Waals surface area (Å²) in [5.74, 6) is 6.82. The van der Waals surface area contributed by atoms with Crippen LogP contribution in [0.15, 0.2) is 48.5 Å². The number of hydrogen-bond acceptors (Lipinski definition) is 5. The first-order valence-electron chi connectivity index (χ1n) is 23.5. The number of aromatic carboxylic acids is 1. The fourth-order valence-electron chi connectivity index (χ4n) is 19.4. The SMILES string of the molecule is CC12CC3CC(C)(C1)CC(c1cc(C45CC6CC(C)(CC(C)(C6)C4)C5)c(Oc4ccc(N)c(O)c4C4C5CC6CC(C5)CC4C6)cc1Oc1ccc(C(=O)O)cc1)(C3)C2. The predicted octanol–water partition coefficient (Wildman–Crippen LogP) is 13.3. The Morgan fingerprint density at radius 2 is 1.08 bits per heavy atom. The van der Waals surface area contributed by atoms with Gasteiger partial charge in [0.25, 0.3) is 0 Å². The molecule has 12 bridgehead atoms. The zero-order valence-corrected chi connectivity index (χ0v) is 35.9. The average molecular weight is 796 g/mol. The lowest BCUT2D eigenvalue weighted by Crippen LogP contribution is -2.57. The summed E-state index contributed by atoms with van der Waals surface area (Å²) in [7, 11) is 0. The number of ether oxygens (including phenoxy) is 2. The van der Waals surface area contributed by atoms with Crippen LogP contribution in [0.1, 0.15) is 170 Å². The van der Waals surface area contributed by atoms with Crippen LogP contribution in [-0.2, 0) is 10.8 Å². The first-order valence-corrected chi connectivity index (χ1v) is 23.5. The molecule has 12 aliphatic carbocycles. The lowest BCUT2D eigenvalue weighted by atomic mass is 9.38. The number of nitrogen functional groups attached to an aromatic ring is 1. The summed E-state index contributed by atoms with van der Waals surface area (Å²) in [6.45, 7) is 10.3. The van der Waals surface area contributed by atoms with E-state index in [2.05, 4.69) is 45.9 Å². The molecule has 4 unspecified atom stereocenters. The Balaban J connectivity index is 1.06. The molecule has 0 aromatic heterocycles. The summed E-state index contributed by atoms with van der Waals surface area (Å²) < 4.78 is 14.7. The zero-order valence-electron chi connectivity index (χ0n) is 35.9. The van der Waals surface area contributed by atoms with E-state index in [0.717, 1.165) is 34.6 Å². The molecule has 6 heteroatoms. The topological polar surface area (TPSA) is 102 Å². The van der Waals surface area contributed by atoms with Crippen LogP contribution in [0.5, 0.6) is 28.7 Å². The molecule has 4 atom stereocenters. The normalized spacial score (nSPS) is 44.3. The number of aromatic hydroxyl groups is 1. The van der Waals surface area contributed by atoms with Crippen LogP contribution < -0.4 is 15.2 Å². The van der Waals surface area contributed by atoms with Crippen molar-refractivity contribution in [1.82, 2.24) is 0 Å². The largest absolute Gasteiger partial charge is 0.505 e. The minimum absolute atomic E-state index is 0.00631. The van der Waals surface area contributed by atoms with Gasteiger partial charge in [-0.3, -0.25) is 0 Å². The van der Waals surface area contributed by atoms with Gasteiger partial charge in [0.2, 0.25) is 0 Å². The van der Waals surface area contributed by atoms with E-state index in [1.165, 1.54) is 120 Å². The molecule has 3 aromatic carbocycles. The van der Waals surface area contributed by atoms with Gasteiger partial charge in [-0.25, -0.2) is 4.79 Å². The fraction of sp³-hybridized carbons (Fsp3) is 0.642. The second-order valence-corrected chi connectivity index (χ2v) is 24.6. The molecule has 12 fully saturated rings. The van der Waals surface area contributed by atoms with Gasteiger partial charge in [-0.1, -0.05) is 27.7 Å². The van der Waals surface area contributed by atoms with E-state index in [1.54, 1.807) is 12.1 Å². The van der Waals surface area contributed by atoms with E-state index in [1.807, 2.05) is 18.2 Å². The van der Waals surface area contributed by atoms with Crippen LogP contribution in [0.2, 0.25) is 0 Å². The van der Waals surface area contributed by atoms with Gasteiger partial charge in [0.05, 0.1) is 11.3 Å². The molecule has 4 N–H and O–H groups in total. The molecule has 0 heterocycles. The first-order chi connectivity index (χ1) is 28.0. The molecule has 15 rings (SSSR count). The van der Waals surface area contributed by atoms with Gasteiger partial charge >= 0.3 is 5.97 Å². The van der Waals surface area contributed by atoms with Crippen molar-refractivity contribution >= 4 is 11.7 Å².